The van der Waals surface area contributed by atoms with Gasteiger partial charge in [0.1, 0.15) is 0 Å². The summed E-state index contributed by atoms with van der Waals surface area (Å²) in [4.78, 5) is 3.12. The lowest BCUT2D eigenvalue weighted by molar-refractivity contribution is 0.590. The van der Waals surface area contributed by atoms with E-state index in [9.17, 15) is 0 Å². The average molecular weight is 196 g/mol. The molecule has 0 saturated carbocycles. The first-order chi connectivity index (χ1) is 6.22. The van der Waals surface area contributed by atoms with E-state index in [0.717, 1.165) is 5.92 Å². The largest absolute Gasteiger partial charge is 0.145 e. The minimum absolute atomic E-state index is 0.830. The van der Waals surface area contributed by atoms with Crippen molar-refractivity contribution in [1.82, 2.24) is 0 Å². The Balaban J connectivity index is 2.39. The van der Waals surface area contributed by atoms with Gasteiger partial charge in [0, 0.05) is 9.75 Å². The smallest absolute Gasteiger partial charge is 0.00482 e. The van der Waals surface area contributed by atoms with Crippen molar-refractivity contribution >= 4 is 11.3 Å². The van der Waals surface area contributed by atoms with Gasteiger partial charge in [-0.1, -0.05) is 27.2 Å². The summed E-state index contributed by atoms with van der Waals surface area (Å²) in [6.07, 6.45) is 5.12. The van der Waals surface area contributed by atoms with E-state index >= 15 is 0 Å². The lowest BCUT2D eigenvalue weighted by atomic mass is 10.1. The molecule has 1 aromatic rings. The number of hydrogen-bond donors (Lipinski definition) is 0. The van der Waals surface area contributed by atoms with Gasteiger partial charge >= 0.3 is 0 Å². The molecule has 1 rings (SSSR count). The summed E-state index contributed by atoms with van der Waals surface area (Å²) >= 11 is 2.00. The van der Waals surface area contributed by atoms with Crippen molar-refractivity contribution in [3.8, 4) is 0 Å². The summed E-state index contributed by atoms with van der Waals surface area (Å²) in [6, 6.07) is 4.60. The van der Waals surface area contributed by atoms with E-state index in [4.69, 9.17) is 0 Å². The zero-order valence-corrected chi connectivity index (χ0v) is 9.79. The molecule has 0 aromatic carbocycles. The number of aryl methyl sites for hydroxylation is 2. The molecule has 0 atom stereocenters. The van der Waals surface area contributed by atoms with Crippen LogP contribution in [0.3, 0.4) is 0 Å². The molecule has 1 heterocycles. The topological polar surface area (TPSA) is 0 Å². The van der Waals surface area contributed by atoms with E-state index in [-0.39, 0.29) is 0 Å². The third-order valence-corrected chi connectivity index (χ3v) is 3.39. The molecule has 0 spiro atoms. The van der Waals surface area contributed by atoms with Gasteiger partial charge in [-0.3, -0.25) is 0 Å². The van der Waals surface area contributed by atoms with Crippen molar-refractivity contribution in [2.75, 3.05) is 0 Å². The van der Waals surface area contributed by atoms with Crippen LogP contribution in [0.5, 0.6) is 0 Å². The molecule has 0 aliphatic rings. The maximum atomic E-state index is 2.30. The van der Waals surface area contributed by atoms with E-state index < -0.39 is 0 Å². The zero-order valence-electron chi connectivity index (χ0n) is 8.97. The second-order valence-electron chi connectivity index (χ2n) is 4.05. The highest BCUT2D eigenvalue weighted by Crippen LogP contribution is 2.20. The molecular weight excluding hydrogens is 176 g/mol. The second-order valence-corrected chi connectivity index (χ2v) is 5.30. The van der Waals surface area contributed by atoms with Crippen LogP contribution < -0.4 is 0 Å². The molecule has 0 unspecified atom stereocenters. The highest BCUT2D eigenvalue weighted by Gasteiger charge is 2.00. The first kappa shape index (κ1) is 10.8. The number of rotatable bonds is 5. The van der Waals surface area contributed by atoms with E-state index in [1.807, 2.05) is 11.3 Å². The van der Waals surface area contributed by atoms with Crippen LogP contribution in [-0.4, -0.2) is 0 Å². The van der Waals surface area contributed by atoms with Crippen LogP contribution in [-0.2, 0) is 12.8 Å². The number of hydrogen-bond acceptors (Lipinski definition) is 1. The normalized spacial score (nSPS) is 11.1. The van der Waals surface area contributed by atoms with Gasteiger partial charge in [-0.25, -0.2) is 0 Å². The Hall–Kier alpha value is -0.300. The van der Waals surface area contributed by atoms with Crippen LogP contribution in [0.4, 0.5) is 0 Å². The molecule has 13 heavy (non-hydrogen) atoms. The first-order valence-electron chi connectivity index (χ1n) is 5.30. The molecule has 0 nitrogen and oxygen atoms in total. The van der Waals surface area contributed by atoms with E-state index in [1.54, 1.807) is 9.75 Å². The third kappa shape index (κ3) is 3.95. The predicted octanol–water partition coefficient (Wildman–Crippen LogP) is 4.29. The number of thiophene rings is 1. The summed E-state index contributed by atoms with van der Waals surface area (Å²) in [6.45, 7) is 6.83. The molecule has 0 saturated heterocycles. The minimum Gasteiger partial charge on any atom is -0.145 e. The molecule has 0 fully saturated rings. The molecule has 0 amide bonds. The van der Waals surface area contributed by atoms with Crippen molar-refractivity contribution in [3.05, 3.63) is 21.9 Å². The minimum atomic E-state index is 0.830. The molecule has 0 bridgehead atoms. The highest BCUT2D eigenvalue weighted by molar-refractivity contribution is 7.11. The Morgan fingerprint density at radius 3 is 2.31 bits per heavy atom. The SMILES string of the molecule is CCCc1ccc(CCC(C)C)s1. The maximum absolute atomic E-state index is 2.30. The Bertz CT molecular complexity index is 235. The van der Waals surface area contributed by atoms with Gasteiger partial charge in [-0.05, 0) is 37.3 Å². The molecule has 0 aliphatic carbocycles. The fourth-order valence-electron chi connectivity index (χ4n) is 1.37. The fourth-order valence-corrected chi connectivity index (χ4v) is 2.50. The van der Waals surface area contributed by atoms with E-state index in [0.29, 0.717) is 0 Å². The van der Waals surface area contributed by atoms with Gasteiger partial charge in [-0.2, -0.15) is 0 Å². The van der Waals surface area contributed by atoms with Crippen molar-refractivity contribution in [2.45, 2.75) is 46.5 Å². The summed E-state index contributed by atoms with van der Waals surface area (Å²) in [7, 11) is 0. The van der Waals surface area contributed by atoms with Gasteiger partial charge < -0.3 is 0 Å². The Kier molecular flexibility index (Phi) is 4.51. The van der Waals surface area contributed by atoms with Crippen molar-refractivity contribution in [1.29, 1.82) is 0 Å². The summed E-state index contributed by atoms with van der Waals surface area (Å²) in [5.41, 5.74) is 0. The molecule has 1 aromatic heterocycles. The zero-order chi connectivity index (χ0) is 9.68. The predicted molar refractivity (Wildman–Crippen MR) is 61.5 cm³/mol. The summed E-state index contributed by atoms with van der Waals surface area (Å²) < 4.78 is 0. The average Bonchev–Trinajstić information content (AvgIpc) is 2.50. The quantitative estimate of drug-likeness (QED) is 0.659. The monoisotopic (exact) mass is 196 g/mol. The molecular formula is C12H20S. The summed E-state index contributed by atoms with van der Waals surface area (Å²) in [5.74, 6) is 0.830. The molecule has 0 radical (unpaired) electrons. The lowest BCUT2D eigenvalue weighted by Gasteiger charge is -2.01. The van der Waals surface area contributed by atoms with Crippen LogP contribution in [0.25, 0.3) is 0 Å². The lowest BCUT2D eigenvalue weighted by Crippen LogP contribution is -1.88. The Morgan fingerprint density at radius 2 is 1.77 bits per heavy atom. The standard InChI is InChI=1S/C12H20S/c1-4-5-11-8-9-12(13-11)7-6-10(2)3/h8-10H,4-7H2,1-3H3. The van der Waals surface area contributed by atoms with Gasteiger partial charge in [0.05, 0.1) is 0 Å². The van der Waals surface area contributed by atoms with Gasteiger partial charge in [0.15, 0.2) is 0 Å². The van der Waals surface area contributed by atoms with Crippen molar-refractivity contribution in [3.63, 3.8) is 0 Å². The van der Waals surface area contributed by atoms with Crippen LogP contribution in [0.15, 0.2) is 12.1 Å². The Morgan fingerprint density at radius 1 is 1.15 bits per heavy atom. The molecule has 0 N–H and O–H groups in total. The van der Waals surface area contributed by atoms with Gasteiger partial charge in [-0.15, -0.1) is 11.3 Å². The van der Waals surface area contributed by atoms with Crippen molar-refractivity contribution < 1.29 is 0 Å². The van der Waals surface area contributed by atoms with Crippen LogP contribution in [0.1, 0.15) is 43.4 Å². The highest BCUT2D eigenvalue weighted by atomic mass is 32.1. The van der Waals surface area contributed by atoms with Gasteiger partial charge in [0.25, 0.3) is 0 Å². The van der Waals surface area contributed by atoms with E-state index in [1.165, 1.54) is 25.7 Å². The molecule has 0 aliphatic heterocycles. The van der Waals surface area contributed by atoms with Crippen LogP contribution in [0, 0.1) is 5.92 Å². The Labute approximate surface area is 86.0 Å². The van der Waals surface area contributed by atoms with Crippen molar-refractivity contribution in [2.24, 2.45) is 5.92 Å². The van der Waals surface area contributed by atoms with E-state index in [2.05, 4.69) is 32.9 Å². The maximum Gasteiger partial charge on any atom is 0.00482 e. The third-order valence-electron chi connectivity index (χ3n) is 2.18. The molecule has 74 valence electrons. The second kappa shape index (κ2) is 5.43. The molecule has 1 heteroatoms. The van der Waals surface area contributed by atoms with Crippen LogP contribution >= 0.6 is 11.3 Å². The summed E-state index contributed by atoms with van der Waals surface area (Å²) in [5, 5.41) is 0. The fraction of sp³-hybridized carbons (Fsp3) is 0.667. The first-order valence-corrected chi connectivity index (χ1v) is 6.11. The van der Waals surface area contributed by atoms with Gasteiger partial charge in [0.2, 0.25) is 0 Å². The van der Waals surface area contributed by atoms with Crippen LogP contribution in [0.2, 0.25) is 0 Å².